The van der Waals surface area contributed by atoms with E-state index in [0.717, 1.165) is 15.6 Å². The lowest BCUT2D eigenvalue weighted by molar-refractivity contribution is 0.102. The molecule has 0 bridgehead atoms. The molecular weight excluding hydrogens is 420 g/mol. The van der Waals surface area contributed by atoms with E-state index in [1.54, 1.807) is 18.5 Å². The number of anilines is 1. The number of hydrogen-bond donors (Lipinski definition) is 1. The van der Waals surface area contributed by atoms with E-state index in [-0.39, 0.29) is 5.91 Å². The molecule has 2 heterocycles. The first kappa shape index (κ1) is 18.1. The first-order chi connectivity index (χ1) is 13.7. The molecule has 1 amide bonds. The van der Waals surface area contributed by atoms with Gasteiger partial charge in [-0.15, -0.1) is 0 Å². The number of amides is 1. The highest BCUT2D eigenvalue weighted by molar-refractivity contribution is 9.10. The molecular formula is C21H15BrN4O2. The predicted octanol–water partition coefficient (Wildman–Crippen LogP) is 4.74. The molecule has 0 unspecified atom stereocenters. The van der Waals surface area contributed by atoms with Gasteiger partial charge in [0, 0.05) is 28.1 Å². The molecule has 0 aliphatic rings. The first-order valence-corrected chi connectivity index (χ1v) is 9.37. The van der Waals surface area contributed by atoms with E-state index in [1.807, 2.05) is 54.6 Å². The van der Waals surface area contributed by atoms with Crippen LogP contribution in [0, 0.1) is 0 Å². The average molecular weight is 435 g/mol. The highest BCUT2D eigenvalue weighted by Crippen LogP contribution is 2.23. The van der Waals surface area contributed by atoms with Gasteiger partial charge in [0.05, 0.1) is 12.0 Å². The number of nitrogens with one attached hydrogen (secondary N) is 1. The summed E-state index contributed by atoms with van der Waals surface area (Å²) in [5.74, 6) is 0.782. The van der Waals surface area contributed by atoms with Crippen LogP contribution < -0.4 is 5.32 Å². The third kappa shape index (κ3) is 3.99. The van der Waals surface area contributed by atoms with E-state index in [0.29, 0.717) is 29.4 Å². The fourth-order valence-electron chi connectivity index (χ4n) is 2.74. The summed E-state index contributed by atoms with van der Waals surface area (Å²) in [6.45, 7) is 0. The summed E-state index contributed by atoms with van der Waals surface area (Å²) in [4.78, 5) is 21.1. The van der Waals surface area contributed by atoms with Gasteiger partial charge in [-0.2, -0.15) is 4.98 Å². The second-order valence-electron chi connectivity index (χ2n) is 6.02. The van der Waals surface area contributed by atoms with Gasteiger partial charge in [0.1, 0.15) is 0 Å². The zero-order valence-corrected chi connectivity index (χ0v) is 16.3. The van der Waals surface area contributed by atoms with Gasteiger partial charge in [-0.05, 0) is 51.8 Å². The Hall–Kier alpha value is -3.32. The molecule has 0 aliphatic carbocycles. The molecule has 0 fully saturated rings. The molecule has 138 valence electrons. The van der Waals surface area contributed by atoms with Crippen LogP contribution in [-0.4, -0.2) is 21.0 Å². The van der Waals surface area contributed by atoms with Crippen LogP contribution in [0.2, 0.25) is 0 Å². The van der Waals surface area contributed by atoms with Crippen LogP contribution >= 0.6 is 15.9 Å². The number of carbonyl (C=O) groups is 1. The van der Waals surface area contributed by atoms with E-state index in [2.05, 4.69) is 36.4 Å². The van der Waals surface area contributed by atoms with Crippen molar-refractivity contribution in [1.82, 2.24) is 15.1 Å². The third-order valence-corrected chi connectivity index (χ3v) is 4.82. The second-order valence-corrected chi connectivity index (χ2v) is 6.87. The molecule has 1 N–H and O–H groups in total. The summed E-state index contributed by atoms with van der Waals surface area (Å²) in [5, 5.41) is 6.98. The van der Waals surface area contributed by atoms with Crippen molar-refractivity contribution in [1.29, 1.82) is 0 Å². The summed E-state index contributed by atoms with van der Waals surface area (Å²) in [6.07, 6.45) is 3.76. The van der Waals surface area contributed by atoms with Crippen LogP contribution in [0.4, 0.5) is 5.69 Å². The van der Waals surface area contributed by atoms with Gasteiger partial charge in [-0.25, -0.2) is 0 Å². The fraction of sp³-hybridized carbons (Fsp3) is 0.0476. The molecule has 7 heteroatoms. The van der Waals surface area contributed by atoms with Crippen molar-refractivity contribution in [3.8, 4) is 11.4 Å². The van der Waals surface area contributed by atoms with E-state index < -0.39 is 0 Å². The molecule has 4 aromatic rings. The van der Waals surface area contributed by atoms with Gasteiger partial charge < -0.3 is 9.84 Å². The topological polar surface area (TPSA) is 80.9 Å². The van der Waals surface area contributed by atoms with Crippen molar-refractivity contribution in [2.75, 3.05) is 5.32 Å². The van der Waals surface area contributed by atoms with E-state index in [4.69, 9.17) is 4.52 Å². The first-order valence-electron chi connectivity index (χ1n) is 8.57. The lowest BCUT2D eigenvalue weighted by atomic mass is 10.1. The standard InChI is InChI=1S/C21H15BrN4O2/c22-17-7-3-2-6-16(17)21(27)24-18-8-4-1-5-15(18)13-19-25-20(26-28-19)14-9-11-23-12-10-14/h1-12H,13H2,(H,24,27). The Morgan fingerprint density at radius 2 is 1.75 bits per heavy atom. The maximum atomic E-state index is 12.6. The largest absolute Gasteiger partial charge is 0.339 e. The minimum absolute atomic E-state index is 0.192. The number of rotatable bonds is 5. The maximum absolute atomic E-state index is 12.6. The minimum Gasteiger partial charge on any atom is -0.339 e. The molecule has 0 saturated heterocycles. The van der Waals surface area contributed by atoms with Crippen molar-refractivity contribution in [2.24, 2.45) is 0 Å². The molecule has 0 spiro atoms. The molecule has 0 radical (unpaired) electrons. The zero-order chi connectivity index (χ0) is 19.3. The Balaban J connectivity index is 1.55. The van der Waals surface area contributed by atoms with Gasteiger partial charge in [0.15, 0.2) is 0 Å². The van der Waals surface area contributed by atoms with Gasteiger partial charge >= 0.3 is 0 Å². The van der Waals surface area contributed by atoms with Gasteiger partial charge in [-0.3, -0.25) is 9.78 Å². The van der Waals surface area contributed by atoms with Crippen LogP contribution in [0.3, 0.4) is 0 Å². The van der Waals surface area contributed by atoms with E-state index >= 15 is 0 Å². The maximum Gasteiger partial charge on any atom is 0.256 e. The minimum atomic E-state index is -0.192. The van der Waals surface area contributed by atoms with Crippen molar-refractivity contribution in [2.45, 2.75) is 6.42 Å². The number of nitrogens with zero attached hydrogens (tertiary/aromatic N) is 3. The normalized spacial score (nSPS) is 10.6. The molecule has 2 aromatic heterocycles. The number of para-hydroxylation sites is 1. The molecule has 4 rings (SSSR count). The number of benzene rings is 2. The number of hydrogen-bond acceptors (Lipinski definition) is 5. The lowest BCUT2D eigenvalue weighted by Gasteiger charge is -2.10. The zero-order valence-electron chi connectivity index (χ0n) is 14.7. The summed E-state index contributed by atoms with van der Waals surface area (Å²) in [5.41, 5.74) is 2.98. The fourth-order valence-corrected chi connectivity index (χ4v) is 3.20. The Bertz CT molecular complexity index is 1110. The van der Waals surface area contributed by atoms with Crippen molar-refractivity contribution < 1.29 is 9.32 Å². The lowest BCUT2D eigenvalue weighted by Crippen LogP contribution is -2.14. The molecule has 28 heavy (non-hydrogen) atoms. The monoisotopic (exact) mass is 434 g/mol. The van der Waals surface area contributed by atoms with Crippen LogP contribution in [0.5, 0.6) is 0 Å². The predicted molar refractivity (Wildman–Crippen MR) is 109 cm³/mol. The number of pyridine rings is 1. The summed E-state index contributed by atoms with van der Waals surface area (Å²) in [7, 11) is 0. The quantitative estimate of drug-likeness (QED) is 0.490. The van der Waals surface area contributed by atoms with E-state index in [9.17, 15) is 4.79 Å². The Labute approximate surface area is 169 Å². The van der Waals surface area contributed by atoms with Gasteiger partial charge in [0.2, 0.25) is 11.7 Å². The molecule has 0 atom stereocenters. The van der Waals surface area contributed by atoms with Crippen LogP contribution in [-0.2, 0) is 6.42 Å². The smallest absolute Gasteiger partial charge is 0.256 e. The summed E-state index contributed by atoms with van der Waals surface area (Å²) in [6, 6.07) is 18.5. The van der Waals surface area contributed by atoms with Crippen molar-refractivity contribution in [3.63, 3.8) is 0 Å². The number of halogens is 1. The third-order valence-electron chi connectivity index (χ3n) is 4.13. The molecule has 2 aromatic carbocycles. The molecule has 0 aliphatic heterocycles. The van der Waals surface area contributed by atoms with Gasteiger partial charge in [-0.1, -0.05) is 35.5 Å². The van der Waals surface area contributed by atoms with Crippen LogP contribution in [0.15, 0.2) is 82.1 Å². The van der Waals surface area contributed by atoms with Crippen LogP contribution in [0.25, 0.3) is 11.4 Å². The average Bonchev–Trinajstić information content (AvgIpc) is 3.19. The molecule has 0 saturated carbocycles. The van der Waals surface area contributed by atoms with Crippen LogP contribution in [0.1, 0.15) is 21.8 Å². The number of carbonyl (C=O) groups excluding carboxylic acids is 1. The Morgan fingerprint density at radius 3 is 2.57 bits per heavy atom. The van der Waals surface area contributed by atoms with Crippen molar-refractivity contribution >= 4 is 27.5 Å². The van der Waals surface area contributed by atoms with E-state index in [1.165, 1.54) is 0 Å². The molecule has 6 nitrogen and oxygen atoms in total. The van der Waals surface area contributed by atoms with Gasteiger partial charge in [0.25, 0.3) is 5.91 Å². The Morgan fingerprint density at radius 1 is 1.00 bits per heavy atom. The van der Waals surface area contributed by atoms with Crippen molar-refractivity contribution in [3.05, 3.63) is 94.5 Å². The number of aromatic nitrogens is 3. The summed E-state index contributed by atoms with van der Waals surface area (Å²) < 4.78 is 6.12. The second kappa shape index (κ2) is 8.14. The Kier molecular flexibility index (Phi) is 5.25. The summed E-state index contributed by atoms with van der Waals surface area (Å²) >= 11 is 3.41. The SMILES string of the molecule is O=C(Nc1ccccc1Cc1nc(-c2ccncc2)no1)c1ccccc1Br. The highest BCUT2D eigenvalue weighted by Gasteiger charge is 2.14. The highest BCUT2D eigenvalue weighted by atomic mass is 79.9.